The number of hydrogen-bond acceptors (Lipinski definition) is 2. The Hall–Kier alpha value is -1.02. The molecule has 2 nitrogen and oxygen atoms in total. The highest BCUT2D eigenvalue weighted by atomic mass is 16.3. The van der Waals surface area contributed by atoms with E-state index in [1.807, 2.05) is 6.92 Å². The topological polar surface area (TPSA) is 32.3 Å². The van der Waals surface area contributed by atoms with Gasteiger partial charge in [0.2, 0.25) is 0 Å². The molecule has 1 aliphatic carbocycles. The minimum absolute atomic E-state index is 0.195. The van der Waals surface area contributed by atoms with E-state index in [4.69, 9.17) is 0 Å². The molecule has 0 aromatic heterocycles. The summed E-state index contributed by atoms with van der Waals surface area (Å²) in [5.74, 6) is 0. The Bertz CT molecular complexity index is 329. The van der Waals surface area contributed by atoms with Crippen LogP contribution < -0.4 is 5.32 Å². The Labute approximate surface area is 91.3 Å². The van der Waals surface area contributed by atoms with Gasteiger partial charge in [0.1, 0.15) is 0 Å². The van der Waals surface area contributed by atoms with Gasteiger partial charge in [-0.15, -0.1) is 0 Å². The van der Waals surface area contributed by atoms with Gasteiger partial charge in [0.15, 0.2) is 0 Å². The largest absolute Gasteiger partial charge is 0.388 e. The van der Waals surface area contributed by atoms with Crippen LogP contribution in [0.15, 0.2) is 24.3 Å². The molecule has 0 heterocycles. The standard InChI is InChI=1S/C13H19NO/c1-10-5-7-11(8-6-10)14-12-4-3-9-13(12,2)15/h5-8,12,14-15H,3-4,9H2,1-2H3. The molecule has 2 unspecified atom stereocenters. The number of nitrogens with one attached hydrogen (secondary N) is 1. The van der Waals surface area contributed by atoms with E-state index in [1.165, 1.54) is 5.56 Å². The second-order valence-electron chi connectivity index (χ2n) is 4.81. The molecule has 0 spiro atoms. The normalized spacial score (nSPS) is 30.5. The highest BCUT2D eigenvalue weighted by Gasteiger charge is 2.36. The Morgan fingerprint density at radius 3 is 2.53 bits per heavy atom. The lowest BCUT2D eigenvalue weighted by molar-refractivity contribution is 0.0578. The fourth-order valence-corrected chi connectivity index (χ4v) is 2.23. The third-order valence-corrected chi connectivity index (χ3v) is 3.32. The molecule has 0 bridgehead atoms. The quantitative estimate of drug-likeness (QED) is 0.778. The van der Waals surface area contributed by atoms with Gasteiger partial charge in [-0.2, -0.15) is 0 Å². The molecule has 0 saturated heterocycles. The third kappa shape index (κ3) is 2.32. The summed E-state index contributed by atoms with van der Waals surface area (Å²) in [4.78, 5) is 0. The van der Waals surface area contributed by atoms with Crippen molar-refractivity contribution in [2.45, 2.75) is 44.8 Å². The van der Waals surface area contributed by atoms with Crippen molar-refractivity contribution < 1.29 is 5.11 Å². The molecule has 1 aliphatic rings. The summed E-state index contributed by atoms with van der Waals surface area (Å²) in [5.41, 5.74) is 1.82. The predicted octanol–water partition coefficient (Wildman–Crippen LogP) is 2.71. The van der Waals surface area contributed by atoms with Gasteiger partial charge in [0.05, 0.1) is 11.6 Å². The fourth-order valence-electron chi connectivity index (χ4n) is 2.23. The first-order valence-electron chi connectivity index (χ1n) is 5.63. The van der Waals surface area contributed by atoms with E-state index < -0.39 is 5.60 Å². The van der Waals surface area contributed by atoms with E-state index in [9.17, 15) is 5.11 Å². The first-order valence-corrected chi connectivity index (χ1v) is 5.63. The number of anilines is 1. The van der Waals surface area contributed by atoms with Crippen LogP contribution in [0.1, 0.15) is 31.7 Å². The summed E-state index contributed by atoms with van der Waals surface area (Å²) < 4.78 is 0. The average Bonchev–Trinajstić information content (AvgIpc) is 2.50. The van der Waals surface area contributed by atoms with Gasteiger partial charge in [-0.3, -0.25) is 0 Å². The van der Waals surface area contributed by atoms with Crippen molar-refractivity contribution in [2.24, 2.45) is 0 Å². The van der Waals surface area contributed by atoms with E-state index in [2.05, 4.69) is 36.5 Å². The van der Waals surface area contributed by atoms with Crippen LogP contribution in [0.4, 0.5) is 5.69 Å². The van der Waals surface area contributed by atoms with E-state index in [0.29, 0.717) is 0 Å². The molecule has 2 atom stereocenters. The smallest absolute Gasteiger partial charge is 0.0819 e. The zero-order valence-corrected chi connectivity index (χ0v) is 9.46. The van der Waals surface area contributed by atoms with Crippen molar-refractivity contribution in [2.75, 3.05) is 5.32 Å². The summed E-state index contributed by atoms with van der Waals surface area (Å²) >= 11 is 0. The number of aliphatic hydroxyl groups is 1. The van der Waals surface area contributed by atoms with E-state index in [-0.39, 0.29) is 6.04 Å². The maximum absolute atomic E-state index is 10.1. The number of benzene rings is 1. The lowest BCUT2D eigenvalue weighted by Crippen LogP contribution is -2.39. The van der Waals surface area contributed by atoms with Crippen LogP contribution in [-0.2, 0) is 0 Å². The third-order valence-electron chi connectivity index (χ3n) is 3.32. The van der Waals surface area contributed by atoms with E-state index in [1.54, 1.807) is 0 Å². The first-order chi connectivity index (χ1) is 7.08. The lowest BCUT2D eigenvalue weighted by Gasteiger charge is -2.27. The molecule has 0 aliphatic heterocycles. The molecular formula is C13H19NO. The number of rotatable bonds is 2. The fraction of sp³-hybridized carbons (Fsp3) is 0.538. The Kier molecular flexibility index (Phi) is 2.70. The highest BCUT2D eigenvalue weighted by Crippen LogP contribution is 2.31. The van der Waals surface area contributed by atoms with Crippen molar-refractivity contribution >= 4 is 5.69 Å². The molecular weight excluding hydrogens is 186 g/mol. The maximum atomic E-state index is 10.1. The summed E-state index contributed by atoms with van der Waals surface area (Å²) in [5, 5.41) is 13.5. The molecule has 2 rings (SSSR count). The number of hydrogen-bond donors (Lipinski definition) is 2. The van der Waals surface area contributed by atoms with Gasteiger partial charge in [-0.25, -0.2) is 0 Å². The van der Waals surface area contributed by atoms with Crippen LogP contribution in [0.25, 0.3) is 0 Å². The van der Waals surface area contributed by atoms with Crippen LogP contribution >= 0.6 is 0 Å². The summed E-state index contributed by atoms with van der Waals surface area (Å²) in [6.07, 6.45) is 3.06. The molecule has 1 fully saturated rings. The molecule has 2 N–H and O–H groups in total. The van der Waals surface area contributed by atoms with Crippen LogP contribution in [0.2, 0.25) is 0 Å². The summed E-state index contributed by atoms with van der Waals surface area (Å²) in [6.45, 7) is 4.00. The zero-order chi connectivity index (χ0) is 10.9. The van der Waals surface area contributed by atoms with Crippen molar-refractivity contribution in [3.05, 3.63) is 29.8 Å². The second kappa shape index (κ2) is 3.86. The van der Waals surface area contributed by atoms with Gasteiger partial charge in [0.25, 0.3) is 0 Å². The van der Waals surface area contributed by atoms with E-state index >= 15 is 0 Å². The minimum Gasteiger partial charge on any atom is -0.388 e. The monoisotopic (exact) mass is 205 g/mol. The summed E-state index contributed by atoms with van der Waals surface area (Å²) in [7, 11) is 0. The Balaban J connectivity index is 2.06. The van der Waals surface area contributed by atoms with Crippen molar-refractivity contribution in [1.29, 1.82) is 0 Å². The first kappa shape index (κ1) is 10.5. The van der Waals surface area contributed by atoms with Gasteiger partial charge >= 0.3 is 0 Å². The number of aryl methyl sites for hydroxylation is 1. The van der Waals surface area contributed by atoms with Crippen LogP contribution in [-0.4, -0.2) is 16.7 Å². The molecule has 15 heavy (non-hydrogen) atoms. The van der Waals surface area contributed by atoms with Crippen LogP contribution in [0.5, 0.6) is 0 Å². The Morgan fingerprint density at radius 1 is 1.33 bits per heavy atom. The molecule has 82 valence electrons. The van der Waals surface area contributed by atoms with Gasteiger partial charge in [-0.05, 0) is 45.2 Å². The summed E-state index contributed by atoms with van der Waals surface area (Å²) in [6, 6.07) is 8.52. The molecule has 2 heteroatoms. The molecule has 1 aromatic rings. The maximum Gasteiger partial charge on any atom is 0.0819 e. The van der Waals surface area contributed by atoms with Gasteiger partial charge in [-0.1, -0.05) is 17.7 Å². The van der Waals surface area contributed by atoms with Gasteiger partial charge < -0.3 is 10.4 Å². The molecule has 1 saturated carbocycles. The molecule has 0 radical (unpaired) electrons. The lowest BCUT2D eigenvalue weighted by atomic mass is 10.0. The second-order valence-corrected chi connectivity index (χ2v) is 4.81. The molecule has 1 aromatic carbocycles. The Morgan fingerprint density at radius 2 is 2.00 bits per heavy atom. The van der Waals surface area contributed by atoms with E-state index in [0.717, 1.165) is 24.9 Å². The van der Waals surface area contributed by atoms with Crippen molar-refractivity contribution in [3.8, 4) is 0 Å². The average molecular weight is 205 g/mol. The highest BCUT2D eigenvalue weighted by molar-refractivity contribution is 5.46. The van der Waals surface area contributed by atoms with Crippen LogP contribution in [0, 0.1) is 6.92 Å². The predicted molar refractivity (Wildman–Crippen MR) is 63.1 cm³/mol. The zero-order valence-electron chi connectivity index (χ0n) is 9.46. The minimum atomic E-state index is -0.551. The van der Waals surface area contributed by atoms with Gasteiger partial charge in [0, 0.05) is 5.69 Å². The van der Waals surface area contributed by atoms with Crippen molar-refractivity contribution in [1.82, 2.24) is 0 Å². The van der Waals surface area contributed by atoms with Crippen LogP contribution in [0.3, 0.4) is 0 Å². The molecule has 0 amide bonds. The van der Waals surface area contributed by atoms with Crippen molar-refractivity contribution in [3.63, 3.8) is 0 Å². The SMILES string of the molecule is Cc1ccc(NC2CCCC2(C)O)cc1.